The van der Waals surface area contributed by atoms with E-state index in [9.17, 15) is 19.2 Å². The first-order valence-electron chi connectivity index (χ1n) is 11.0. The molecule has 0 bridgehead atoms. The molecule has 0 atom stereocenters. The van der Waals surface area contributed by atoms with Crippen LogP contribution in [0.3, 0.4) is 0 Å². The van der Waals surface area contributed by atoms with Crippen molar-refractivity contribution in [3.8, 4) is 11.1 Å². The molecule has 0 aliphatic heterocycles. The summed E-state index contributed by atoms with van der Waals surface area (Å²) in [6.07, 6.45) is 0.815. The molecule has 4 aromatic rings. The lowest BCUT2D eigenvalue weighted by Crippen LogP contribution is -2.14. The third-order valence-corrected chi connectivity index (χ3v) is 7.59. The zero-order valence-electron chi connectivity index (χ0n) is 20.5. The Bertz CT molecular complexity index is 1510. The van der Waals surface area contributed by atoms with Gasteiger partial charge in [-0.25, -0.2) is 4.79 Å². The molecule has 0 amide bonds. The van der Waals surface area contributed by atoms with Gasteiger partial charge in [0.25, 0.3) is 0 Å². The van der Waals surface area contributed by atoms with Crippen LogP contribution >= 0.6 is 27.3 Å². The molecule has 0 fully saturated rings. The molecule has 10 heteroatoms. The maximum atomic E-state index is 11.3. The Morgan fingerprint density at radius 3 is 2.19 bits per heavy atom. The topological polar surface area (TPSA) is 124 Å². The van der Waals surface area contributed by atoms with Crippen LogP contribution in [0.1, 0.15) is 49.7 Å². The van der Waals surface area contributed by atoms with Crippen LogP contribution in [-0.4, -0.2) is 39.3 Å². The van der Waals surface area contributed by atoms with E-state index in [0.29, 0.717) is 16.3 Å². The number of rotatable bonds is 5. The first kappa shape index (κ1) is 27.8. The maximum absolute atomic E-state index is 11.3. The monoisotopic (exact) mass is 582 g/mol. The number of aldehydes is 1. The predicted molar refractivity (Wildman–Crippen MR) is 144 cm³/mol. The molecular weight excluding hydrogens is 560 g/mol. The summed E-state index contributed by atoms with van der Waals surface area (Å²) in [4.78, 5) is 52.8. The smallest absolute Gasteiger partial charge is 0.335 e. The van der Waals surface area contributed by atoms with Gasteiger partial charge < -0.3 is 9.84 Å². The Hall–Kier alpha value is -3.76. The molecule has 1 N–H and O–H groups in total. The van der Waals surface area contributed by atoms with Crippen LogP contribution < -0.4 is 0 Å². The van der Waals surface area contributed by atoms with Gasteiger partial charge in [-0.1, -0.05) is 18.2 Å². The van der Waals surface area contributed by atoms with Crippen molar-refractivity contribution >= 4 is 61.5 Å². The van der Waals surface area contributed by atoms with Crippen LogP contribution in [0.5, 0.6) is 0 Å². The van der Waals surface area contributed by atoms with E-state index >= 15 is 0 Å². The number of hydrogen-bond donors (Lipinski definition) is 1. The van der Waals surface area contributed by atoms with Crippen molar-refractivity contribution in [3.63, 3.8) is 0 Å². The number of carbonyl (C=O) groups excluding carboxylic acids is 3. The summed E-state index contributed by atoms with van der Waals surface area (Å²) < 4.78 is 6.28. The summed E-state index contributed by atoms with van der Waals surface area (Å²) in [5.74, 6) is -2.15. The summed E-state index contributed by atoms with van der Waals surface area (Å²) in [6, 6.07) is 12.7. The van der Waals surface area contributed by atoms with Crippen molar-refractivity contribution in [1.29, 1.82) is 0 Å². The number of fused-ring (bicyclic) bond motifs is 1. The quantitative estimate of drug-likeness (QED) is 0.176. The van der Waals surface area contributed by atoms with Gasteiger partial charge in [-0.15, -0.1) is 11.3 Å². The molecule has 2 aromatic carbocycles. The van der Waals surface area contributed by atoms with E-state index in [1.165, 1.54) is 18.3 Å². The molecule has 2 aromatic heterocycles. The molecule has 0 radical (unpaired) electrons. The minimum atomic E-state index is -0.937. The van der Waals surface area contributed by atoms with Crippen molar-refractivity contribution in [2.75, 3.05) is 0 Å². The number of ether oxygens (including phenoxy) is 1. The first-order chi connectivity index (χ1) is 17.5. The Kier molecular flexibility index (Phi) is 9.01. The van der Waals surface area contributed by atoms with Crippen molar-refractivity contribution < 1.29 is 29.0 Å². The number of hydrogen-bond acceptors (Lipinski definition) is 8. The zero-order valence-corrected chi connectivity index (χ0v) is 22.9. The Balaban J connectivity index is 0.000000214. The van der Waals surface area contributed by atoms with Crippen LogP contribution in [-0.2, 0) is 20.7 Å². The highest BCUT2D eigenvalue weighted by molar-refractivity contribution is 9.10. The van der Waals surface area contributed by atoms with E-state index in [2.05, 4.69) is 30.6 Å². The molecule has 190 valence electrons. The third kappa shape index (κ3) is 6.93. The van der Waals surface area contributed by atoms with E-state index in [0.717, 1.165) is 43.4 Å². The van der Waals surface area contributed by atoms with Crippen LogP contribution in [0.25, 0.3) is 21.2 Å². The van der Waals surface area contributed by atoms with Gasteiger partial charge in [-0.2, -0.15) is 0 Å². The molecule has 0 aliphatic rings. The lowest BCUT2D eigenvalue weighted by atomic mass is 10.0. The number of halogens is 1. The van der Waals surface area contributed by atoms with Crippen LogP contribution in [0.2, 0.25) is 0 Å². The highest BCUT2D eigenvalue weighted by Gasteiger charge is 2.13. The van der Waals surface area contributed by atoms with E-state index < -0.39 is 17.9 Å². The number of benzene rings is 2. The number of carbonyl (C=O) groups is 4. The number of aryl methyl sites for hydroxylation is 3. The average Bonchev–Trinajstić information content (AvgIpc) is 3.17. The number of nitrogens with zero attached hydrogens (tertiary/aromatic N) is 2. The molecule has 37 heavy (non-hydrogen) atoms. The van der Waals surface area contributed by atoms with Gasteiger partial charge in [0, 0.05) is 21.5 Å². The molecule has 2 heterocycles. The number of aromatic nitrogens is 2. The fraction of sp³-hybridized carbons (Fsp3) is 0.185. The summed E-state index contributed by atoms with van der Waals surface area (Å²) in [5, 5.41) is 9.90. The Morgan fingerprint density at radius 1 is 0.973 bits per heavy atom. The van der Waals surface area contributed by atoms with Crippen LogP contribution in [0, 0.1) is 20.8 Å². The molecule has 0 saturated heterocycles. The average molecular weight is 583 g/mol. The molecule has 0 saturated carbocycles. The van der Waals surface area contributed by atoms with Gasteiger partial charge in [0.2, 0.25) is 0 Å². The zero-order chi connectivity index (χ0) is 27.3. The number of esters is 2. The van der Waals surface area contributed by atoms with Crippen LogP contribution in [0.15, 0.2) is 46.9 Å². The second-order valence-electron chi connectivity index (χ2n) is 8.06. The first-order valence-corrected chi connectivity index (χ1v) is 12.6. The van der Waals surface area contributed by atoms with Crippen molar-refractivity contribution in [2.24, 2.45) is 0 Å². The van der Waals surface area contributed by atoms with Gasteiger partial charge in [-0.05, 0) is 72.1 Å². The number of carboxylic acid groups (broad SMARTS) is 1. The molecular formula is C27H23BrN2O6S. The largest absolute Gasteiger partial charge is 0.478 e. The highest BCUT2D eigenvalue weighted by Crippen LogP contribution is 2.37. The Labute approximate surface area is 225 Å². The minimum absolute atomic E-state index is 0.0282. The fourth-order valence-corrected chi connectivity index (χ4v) is 5.10. The Morgan fingerprint density at radius 2 is 1.59 bits per heavy atom. The number of carboxylic acids is 1. The summed E-state index contributed by atoms with van der Waals surface area (Å²) >= 11 is 4.89. The lowest BCUT2D eigenvalue weighted by Gasteiger charge is -2.06. The van der Waals surface area contributed by atoms with Gasteiger partial charge in [-0.3, -0.25) is 24.4 Å². The van der Waals surface area contributed by atoms with Gasteiger partial charge in [0.15, 0.2) is 6.29 Å². The second kappa shape index (κ2) is 12.0. The van der Waals surface area contributed by atoms with E-state index in [1.807, 2.05) is 32.0 Å². The predicted octanol–water partition coefficient (Wildman–Crippen LogP) is 5.88. The van der Waals surface area contributed by atoms with E-state index in [1.54, 1.807) is 31.2 Å². The molecule has 8 nitrogen and oxygen atoms in total. The lowest BCUT2D eigenvalue weighted by molar-refractivity contribution is -0.157. The normalized spacial score (nSPS) is 10.4. The van der Waals surface area contributed by atoms with E-state index in [-0.39, 0.29) is 12.0 Å². The molecule has 0 aliphatic carbocycles. The van der Waals surface area contributed by atoms with Gasteiger partial charge in [0.05, 0.1) is 39.6 Å². The summed E-state index contributed by atoms with van der Waals surface area (Å²) in [6.45, 7) is 6.64. The van der Waals surface area contributed by atoms with E-state index in [4.69, 9.17) is 5.11 Å². The second-order valence-corrected chi connectivity index (χ2v) is 9.94. The van der Waals surface area contributed by atoms with Crippen molar-refractivity contribution in [3.05, 3.63) is 80.2 Å². The number of aromatic carboxylic acids is 1. The molecule has 0 unspecified atom stereocenters. The number of thiophene rings is 1. The van der Waals surface area contributed by atoms with Crippen LogP contribution in [0.4, 0.5) is 0 Å². The summed E-state index contributed by atoms with van der Waals surface area (Å²) in [5.41, 5.74) is 5.03. The van der Waals surface area contributed by atoms with Crippen molar-refractivity contribution in [2.45, 2.75) is 34.1 Å². The van der Waals surface area contributed by atoms with Gasteiger partial charge in [0.1, 0.15) is 0 Å². The highest BCUT2D eigenvalue weighted by atomic mass is 79.9. The standard InChI is InChI=1S/C16H9BrO3S.C11H14N2O3/c17-15-12-7-11(5-6-13(12)21-14(15)8-18)9-1-3-10(4-2-9)16(19)20;1-6-7(2)13-10(8(3)12-6)5-11(15)16-9(4)14/h1-8H,(H,19,20);5H2,1-4H3. The third-order valence-electron chi connectivity index (χ3n) is 5.37. The minimum Gasteiger partial charge on any atom is -0.478 e. The van der Waals surface area contributed by atoms with Crippen molar-refractivity contribution in [1.82, 2.24) is 9.97 Å². The fourth-order valence-electron chi connectivity index (χ4n) is 3.41. The molecule has 4 rings (SSSR count). The SMILES string of the molecule is CC(=O)OC(=O)Cc1nc(C)c(C)nc1C.O=Cc1sc2ccc(-c3ccc(C(=O)O)cc3)cc2c1Br. The molecule has 0 spiro atoms. The summed E-state index contributed by atoms with van der Waals surface area (Å²) in [7, 11) is 0. The maximum Gasteiger partial charge on any atom is 0.335 e. The van der Waals surface area contributed by atoms with Gasteiger partial charge >= 0.3 is 17.9 Å².